The second kappa shape index (κ2) is 5.14. The van der Waals surface area contributed by atoms with E-state index in [9.17, 15) is 14.4 Å². The van der Waals surface area contributed by atoms with Gasteiger partial charge in [0.15, 0.2) is 6.61 Å². The van der Waals surface area contributed by atoms with Crippen molar-refractivity contribution < 1.29 is 28.6 Å². The van der Waals surface area contributed by atoms with E-state index in [4.69, 9.17) is 0 Å². The fourth-order valence-corrected chi connectivity index (χ4v) is 0.951. The molecule has 0 amide bonds. The van der Waals surface area contributed by atoms with Crippen LogP contribution in [0.2, 0.25) is 0 Å². The molecular formula is C9H10O6. The Kier molecular flexibility index (Phi) is 3.84. The maximum absolute atomic E-state index is 11.1. The molecule has 1 heterocycles. The summed E-state index contributed by atoms with van der Waals surface area (Å²) in [5, 5.41) is 0. The molecule has 0 unspecified atom stereocenters. The first-order valence-corrected chi connectivity index (χ1v) is 4.26. The van der Waals surface area contributed by atoms with Crippen LogP contribution in [-0.4, -0.2) is 37.2 Å². The van der Waals surface area contributed by atoms with Gasteiger partial charge in [0.2, 0.25) is 6.10 Å². The van der Waals surface area contributed by atoms with Gasteiger partial charge < -0.3 is 14.2 Å². The molecule has 1 rings (SSSR count). The van der Waals surface area contributed by atoms with E-state index in [1.807, 2.05) is 0 Å². The zero-order valence-electron chi connectivity index (χ0n) is 7.93. The molecule has 82 valence electrons. The minimum Gasteiger partial charge on any atom is -0.461 e. The highest BCUT2D eigenvalue weighted by Gasteiger charge is 2.32. The van der Waals surface area contributed by atoms with Crippen LogP contribution >= 0.6 is 0 Å². The number of rotatable bonds is 4. The minimum absolute atomic E-state index is 0.0501. The van der Waals surface area contributed by atoms with Crippen LogP contribution in [0.25, 0.3) is 0 Å². The number of hydrogen-bond donors (Lipinski definition) is 0. The van der Waals surface area contributed by atoms with Crippen molar-refractivity contribution in [3.63, 3.8) is 0 Å². The Morgan fingerprint density at radius 1 is 1.60 bits per heavy atom. The van der Waals surface area contributed by atoms with Crippen molar-refractivity contribution in [2.75, 3.05) is 13.2 Å². The molecule has 6 heteroatoms. The molecule has 0 aromatic heterocycles. The van der Waals surface area contributed by atoms with Crippen LogP contribution < -0.4 is 0 Å². The van der Waals surface area contributed by atoms with Crippen LogP contribution in [0.5, 0.6) is 0 Å². The number of ether oxygens (including phenoxy) is 3. The molecule has 1 saturated heterocycles. The number of carbonyl (C=O) groups excluding carboxylic acids is 3. The van der Waals surface area contributed by atoms with Crippen molar-refractivity contribution in [2.24, 2.45) is 0 Å². The van der Waals surface area contributed by atoms with Gasteiger partial charge in [-0.3, -0.25) is 4.79 Å². The minimum atomic E-state index is -1.19. The molecule has 1 aliphatic rings. The number of esters is 3. The van der Waals surface area contributed by atoms with Crippen molar-refractivity contribution >= 4 is 17.9 Å². The highest BCUT2D eigenvalue weighted by atomic mass is 16.6. The van der Waals surface area contributed by atoms with E-state index in [0.717, 1.165) is 0 Å². The van der Waals surface area contributed by atoms with Crippen LogP contribution in [-0.2, 0) is 28.6 Å². The third-order valence-corrected chi connectivity index (χ3v) is 1.58. The van der Waals surface area contributed by atoms with Gasteiger partial charge in [-0.05, 0) is 0 Å². The maximum Gasteiger partial charge on any atom is 0.348 e. The molecule has 6 nitrogen and oxygen atoms in total. The van der Waals surface area contributed by atoms with E-state index < -0.39 is 30.6 Å². The average Bonchev–Trinajstić information content (AvgIpc) is 2.20. The van der Waals surface area contributed by atoms with Crippen molar-refractivity contribution in [2.45, 2.75) is 12.5 Å². The summed E-state index contributed by atoms with van der Waals surface area (Å²) in [7, 11) is 0. The SMILES string of the molecule is C=CCOC(=O)C[C@@H]1OC(=O)COC1=O. The predicted octanol–water partition coefficient (Wildman–Crippen LogP) is -0.426. The highest BCUT2D eigenvalue weighted by molar-refractivity contribution is 5.88. The summed E-state index contributed by atoms with van der Waals surface area (Å²) >= 11 is 0. The second-order valence-corrected chi connectivity index (χ2v) is 2.76. The van der Waals surface area contributed by atoms with Crippen molar-refractivity contribution in [1.82, 2.24) is 0 Å². The van der Waals surface area contributed by atoms with Crippen LogP contribution in [0.4, 0.5) is 0 Å². The summed E-state index contributed by atoms with van der Waals surface area (Å²) in [6.07, 6.45) is -0.134. The molecule has 1 fully saturated rings. The lowest BCUT2D eigenvalue weighted by atomic mass is 10.2. The lowest BCUT2D eigenvalue weighted by molar-refractivity contribution is -0.186. The summed E-state index contributed by atoms with van der Waals surface area (Å²) in [4.78, 5) is 32.8. The Bertz CT molecular complexity index is 295. The predicted molar refractivity (Wildman–Crippen MR) is 46.6 cm³/mol. The Balaban J connectivity index is 2.41. The smallest absolute Gasteiger partial charge is 0.348 e. The van der Waals surface area contributed by atoms with Gasteiger partial charge in [0.05, 0.1) is 6.42 Å². The van der Waals surface area contributed by atoms with Crippen molar-refractivity contribution in [1.29, 1.82) is 0 Å². The van der Waals surface area contributed by atoms with Gasteiger partial charge in [-0.1, -0.05) is 12.7 Å². The summed E-state index contributed by atoms with van der Waals surface area (Å²) in [6.45, 7) is 3.00. The molecule has 15 heavy (non-hydrogen) atoms. The van der Waals surface area contributed by atoms with Crippen molar-refractivity contribution in [3.05, 3.63) is 12.7 Å². The molecule has 0 aromatic rings. The maximum atomic E-state index is 11.1. The third kappa shape index (κ3) is 3.41. The zero-order chi connectivity index (χ0) is 11.3. The fraction of sp³-hybridized carbons (Fsp3) is 0.444. The molecular weight excluding hydrogens is 204 g/mol. The number of hydrogen-bond acceptors (Lipinski definition) is 6. The van der Waals surface area contributed by atoms with E-state index in [2.05, 4.69) is 20.8 Å². The molecule has 0 saturated carbocycles. The van der Waals surface area contributed by atoms with Crippen LogP contribution in [0, 0.1) is 0 Å². The van der Waals surface area contributed by atoms with Gasteiger partial charge in [0.1, 0.15) is 6.61 Å². The Labute approximate surface area is 85.8 Å². The molecule has 0 aromatic carbocycles. The lowest BCUT2D eigenvalue weighted by Gasteiger charge is -2.20. The fourth-order valence-electron chi connectivity index (χ4n) is 0.951. The standard InChI is InChI=1S/C9H10O6/c1-2-3-13-7(10)4-6-9(12)14-5-8(11)15-6/h2,6H,1,3-5H2/t6-/m0/s1. The number of carbonyl (C=O) groups is 3. The largest absolute Gasteiger partial charge is 0.461 e. The number of cyclic esters (lactones) is 2. The third-order valence-electron chi connectivity index (χ3n) is 1.58. The molecule has 1 aliphatic heterocycles. The quantitative estimate of drug-likeness (QED) is 0.359. The first-order valence-electron chi connectivity index (χ1n) is 4.26. The van der Waals surface area contributed by atoms with Crippen molar-refractivity contribution in [3.8, 4) is 0 Å². The summed E-state index contributed by atoms with van der Waals surface area (Å²) in [5.41, 5.74) is 0. The molecule has 0 radical (unpaired) electrons. The van der Waals surface area contributed by atoms with Gasteiger partial charge >= 0.3 is 17.9 Å². The van der Waals surface area contributed by atoms with E-state index in [-0.39, 0.29) is 13.0 Å². The Morgan fingerprint density at radius 3 is 3.00 bits per heavy atom. The first kappa shape index (κ1) is 11.2. The van der Waals surface area contributed by atoms with Gasteiger partial charge in [0, 0.05) is 0 Å². The van der Waals surface area contributed by atoms with E-state index >= 15 is 0 Å². The van der Waals surface area contributed by atoms with E-state index in [0.29, 0.717) is 0 Å². The monoisotopic (exact) mass is 214 g/mol. The molecule has 0 spiro atoms. The van der Waals surface area contributed by atoms with E-state index in [1.54, 1.807) is 0 Å². The van der Waals surface area contributed by atoms with Gasteiger partial charge in [-0.15, -0.1) is 0 Å². The zero-order valence-corrected chi connectivity index (χ0v) is 7.93. The van der Waals surface area contributed by atoms with Gasteiger partial charge in [-0.25, -0.2) is 9.59 Å². The molecule has 1 atom stereocenters. The second-order valence-electron chi connectivity index (χ2n) is 2.76. The first-order chi connectivity index (χ1) is 7.13. The Hall–Kier alpha value is -1.85. The molecule has 0 aliphatic carbocycles. The topological polar surface area (TPSA) is 78.9 Å². The normalized spacial score (nSPS) is 20.1. The van der Waals surface area contributed by atoms with Crippen LogP contribution in [0.3, 0.4) is 0 Å². The van der Waals surface area contributed by atoms with Gasteiger partial charge in [-0.2, -0.15) is 0 Å². The Morgan fingerprint density at radius 2 is 2.33 bits per heavy atom. The summed E-state index contributed by atoms with van der Waals surface area (Å²) in [6, 6.07) is 0. The molecule has 0 N–H and O–H groups in total. The summed E-state index contributed by atoms with van der Waals surface area (Å²) in [5.74, 6) is -2.05. The average molecular weight is 214 g/mol. The van der Waals surface area contributed by atoms with Crippen LogP contribution in [0.15, 0.2) is 12.7 Å². The lowest BCUT2D eigenvalue weighted by Crippen LogP contribution is -2.39. The van der Waals surface area contributed by atoms with E-state index in [1.165, 1.54) is 6.08 Å². The highest BCUT2D eigenvalue weighted by Crippen LogP contribution is 2.08. The van der Waals surface area contributed by atoms with Crippen LogP contribution in [0.1, 0.15) is 6.42 Å². The summed E-state index contributed by atoms with van der Waals surface area (Å²) < 4.78 is 13.7. The molecule has 0 bridgehead atoms. The van der Waals surface area contributed by atoms with Gasteiger partial charge in [0.25, 0.3) is 0 Å².